The molecule has 0 radical (unpaired) electrons. The molecule has 1 fully saturated rings. The fourth-order valence-electron chi connectivity index (χ4n) is 3.85. The number of aromatic nitrogens is 3. The number of nitrogens with zero attached hydrogens (tertiary/aromatic N) is 4. The smallest absolute Gasteiger partial charge is 0.256 e. The van der Waals surface area contributed by atoms with Crippen LogP contribution in [-0.2, 0) is 0 Å². The molecular weight excluding hydrogens is 362 g/mol. The third kappa shape index (κ3) is 3.25. The molecule has 7 heteroatoms. The van der Waals surface area contributed by atoms with E-state index in [2.05, 4.69) is 26.1 Å². The summed E-state index contributed by atoms with van der Waals surface area (Å²) < 4.78 is 0. The fourth-order valence-corrected chi connectivity index (χ4v) is 4.07. The molecule has 2 aromatic heterocycles. The molecule has 1 unspecified atom stereocenters. The Labute approximate surface area is 163 Å². The summed E-state index contributed by atoms with van der Waals surface area (Å²) in [6.07, 6.45) is 5.52. The van der Waals surface area contributed by atoms with Gasteiger partial charge in [0, 0.05) is 50.4 Å². The minimum absolute atomic E-state index is 0.0167. The lowest BCUT2D eigenvalue weighted by Gasteiger charge is -2.35. The minimum atomic E-state index is -0.0167. The van der Waals surface area contributed by atoms with Crippen molar-refractivity contribution in [2.45, 2.75) is 18.8 Å². The standard InChI is InChI=1S/C20H22ClN5O/c1-25(2)20(27)15-11-23-24-18(15)13-5-4-10-26(12-13)17-8-9-22-19-14(17)6-3-7-16(19)21/h3,6-9,11,13H,4-5,10,12H2,1-2H3,(H,23,24). The van der Waals surface area contributed by atoms with E-state index >= 15 is 0 Å². The number of pyridine rings is 1. The highest BCUT2D eigenvalue weighted by atomic mass is 35.5. The summed E-state index contributed by atoms with van der Waals surface area (Å²) >= 11 is 6.33. The van der Waals surface area contributed by atoms with E-state index in [0.29, 0.717) is 10.6 Å². The summed E-state index contributed by atoms with van der Waals surface area (Å²) in [4.78, 5) is 20.9. The zero-order valence-corrected chi connectivity index (χ0v) is 16.2. The van der Waals surface area contributed by atoms with Gasteiger partial charge in [0.05, 0.1) is 28.0 Å². The van der Waals surface area contributed by atoms with E-state index in [4.69, 9.17) is 11.6 Å². The number of anilines is 1. The first-order valence-corrected chi connectivity index (χ1v) is 9.47. The number of carbonyl (C=O) groups excluding carboxylic acids is 1. The maximum atomic E-state index is 12.5. The van der Waals surface area contributed by atoms with E-state index in [0.717, 1.165) is 48.2 Å². The quantitative estimate of drug-likeness (QED) is 0.749. The molecule has 27 heavy (non-hydrogen) atoms. The zero-order valence-electron chi connectivity index (χ0n) is 15.4. The maximum absolute atomic E-state index is 12.5. The zero-order chi connectivity index (χ0) is 19.0. The Kier molecular flexibility index (Phi) is 4.74. The molecule has 1 amide bonds. The molecule has 3 heterocycles. The number of carbonyl (C=O) groups is 1. The summed E-state index contributed by atoms with van der Waals surface area (Å²) in [5, 5.41) is 8.93. The van der Waals surface area contributed by atoms with Crippen molar-refractivity contribution in [1.29, 1.82) is 0 Å². The first-order chi connectivity index (χ1) is 13.1. The van der Waals surface area contributed by atoms with E-state index in [9.17, 15) is 4.79 Å². The van der Waals surface area contributed by atoms with Gasteiger partial charge in [-0.1, -0.05) is 23.7 Å². The average Bonchev–Trinajstić information content (AvgIpc) is 3.17. The molecule has 1 N–H and O–H groups in total. The third-order valence-electron chi connectivity index (χ3n) is 5.17. The van der Waals surface area contributed by atoms with Crippen molar-refractivity contribution < 1.29 is 4.79 Å². The highest BCUT2D eigenvalue weighted by molar-refractivity contribution is 6.35. The van der Waals surface area contributed by atoms with E-state index in [1.165, 1.54) is 0 Å². The lowest BCUT2D eigenvalue weighted by atomic mass is 9.91. The number of amides is 1. The SMILES string of the molecule is CN(C)C(=O)c1cn[nH]c1C1CCCN(c2ccnc3c(Cl)cccc23)C1. The molecule has 1 aliphatic rings. The van der Waals surface area contributed by atoms with Crippen LogP contribution in [0.1, 0.15) is 34.8 Å². The van der Waals surface area contributed by atoms with Crippen LogP contribution >= 0.6 is 11.6 Å². The van der Waals surface area contributed by atoms with E-state index in [1.54, 1.807) is 25.2 Å². The number of aromatic amines is 1. The number of fused-ring (bicyclic) bond motifs is 1. The Morgan fingerprint density at radius 2 is 2.19 bits per heavy atom. The Balaban J connectivity index is 1.67. The summed E-state index contributed by atoms with van der Waals surface area (Å²) in [5.74, 6) is 0.208. The molecule has 1 aliphatic heterocycles. The number of piperidine rings is 1. The van der Waals surface area contributed by atoms with Gasteiger partial charge in [0.2, 0.25) is 0 Å². The van der Waals surface area contributed by atoms with Crippen LogP contribution in [0.15, 0.2) is 36.7 Å². The number of rotatable bonds is 3. The molecule has 140 valence electrons. The van der Waals surface area contributed by atoms with Crippen LogP contribution in [0, 0.1) is 0 Å². The molecule has 6 nitrogen and oxygen atoms in total. The van der Waals surface area contributed by atoms with E-state index in [1.807, 2.05) is 24.4 Å². The van der Waals surface area contributed by atoms with E-state index < -0.39 is 0 Å². The Morgan fingerprint density at radius 3 is 3.00 bits per heavy atom. The van der Waals surface area contributed by atoms with Crippen LogP contribution in [0.5, 0.6) is 0 Å². The molecule has 3 aromatic rings. The molecule has 4 rings (SSSR count). The largest absolute Gasteiger partial charge is 0.370 e. The summed E-state index contributed by atoms with van der Waals surface area (Å²) in [6.45, 7) is 1.79. The summed E-state index contributed by atoms with van der Waals surface area (Å²) in [7, 11) is 3.53. The Morgan fingerprint density at radius 1 is 1.33 bits per heavy atom. The Bertz CT molecular complexity index is 983. The normalized spacial score (nSPS) is 17.3. The maximum Gasteiger partial charge on any atom is 0.256 e. The van der Waals surface area contributed by atoms with Crippen molar-refractivity contribution in [1.82, 2.24) is 20.1 Å². The van der Waals surface area contributed by atoms with Crippen LogP contribution in [0.2, 0.25) is 5.02 Å². The minimum Gasteiger partial charge on any atom is -0.370 e. The second-order valence-electron chi connectivity index (χ2n) is 7.15. The van der Waals surface area contributed by atoms with Crippen molar-refractivity contribution in [2.75, 3.05) is 32.1 Å². The number of halogens is 1. The van der Waals surface area contributed by atoms with E-state index in [-0.39, 0.29) is 11.8 Å². The monoisotopic (exact) mass is 383 g/mol. The molecular formula is C20H22ClN5O. The molecule has 1 atom stereocenters. The van der Waals surface area contributed by atoms with Gasteiger partial charge in [-0.15, -0.1) is 0 Å². The number of hydrogen-bond donors (Lipinski definition) is 1. The highest BCUT2D eigenvalue weighted by Crippen LogP contribution is 2.35. The van der Waals surface area contributed by atoms with Crippen LogP contribution in [0.4, 0.5) is 5.69 Å². The van der Waals surface area contributed by atoms with Crippen molar-refractivity contribution in [3.05, 3.63) is 52.9 Å². The van der Waals surface area contributed by atoms with Crippen LogP contribution in [-0.4, -0.2) is 53.2 Å². The number of H-pyrrole nitrogens is 1. The second-order valence-corrected chi connectivity index (χ2v) is 7.56. The van der Waals surface area contributed by atoms with Crippen molar-refractivity contribution in [2.24, 2.45) is 0 Å². The molecule has 0 aliphatic carbocycles. The van der Waals surface area contributed by atoms with Gasteiger partial charge in [-0.2, -0.15) is 5.10 Å². The third-order valence-corrected chi connectivity index (χ3v) is 5.48. The number of nitrogens with one attached hydrogen (secondary N) is 1. The van der Waals surface area contributed by atoms with Crippen LogP contribution in [0.3, 0.4) is 0 Å². The number of hydrogen-bond acceptors (Lipinski definition) is 4. The number of para-hydroxylation sites is 1. The predicted octanol–water partition coefficient (Wildman–Crippen LogP) is 3.70. The lowest BCUT2D eigenvalue weighted by Crippen LogP contribution is -2.35. The van der Waals surface area contributed by atoms with Gasteiger partial charge in [0.25, 0.3) is 5.91 Å². The molecule has 1 aromatic carbocycles. The van der Waals surface area contributed by atoms with Gasteiger partial charge < -0.3 is 9.80 Å². The highest BCUT2D eigenvalue weighted by Gasteiger charge is 2.28. The lowest BCUT2D eigenvalue weighted by molar-refractivity contribution is 0.0826. The predicted molar refractivity (Wildman–Crippen MR) is 108 cm³/mol. The second kappa shape index (κ2) is 7.19. The van der Waals surface area contributed by atoms with Gasteiger partial charge in [-0.25, -0.2) is 0 Å². The van der Waals surface area contributed by atoms with Crippen molar-refractivity contribution >= 4 is 34.1 Å². The van der Waals surface area contributed by atoms with Crippen molar-refractivity contribution in [3.8, 4) is 0 Å². The van der Waals surface area contributed by atoms with Gasteiger partial charge >= 0.3 is 0 Å². The molecule has 0 bridgehead atoms. The Hall–Kier alpha value is -2.60. The molecule has 0 spiro atoms. The first kappa shape index (κ1) is 17.8. The first-order valence-electron chi connectivity index (χ1n) is 9.09. The summed E-state index contributed by atoms with van der Waals surface area (Å²) in [5.41, 5.74) is 3.54. The van der Waals surface area contributed by atoms with Crippen LogP contribution < -0.4 is 4.90 Å². The van der Waals surface area contributed by atoms with Crippen molar-refractivity contribution in [3.63, 3.8) is 0 Å². The van der Waals surface area contributed by atoms with Gasteiger partial charge in [-0.3, -0.25) is 14.9 Å². The molecule has 0 saturated carbocycles. The van der Waals surface area contributed by atoms with Gasteiger partial charge in [0.1, 0.15) is 0 Å². The van der Waals surface area contributed by atoms with Crippen LogP contribution in [0.25, 0.3) is 10.9 Å². The summed E-state index contributed by atoms with van der Waals surface area (Å²) in [6, 6.07) is 7.92. The van der Waals surface area contributed by atoms with Gasteiger partial charge in [-0.05, 0) is 25.0 Å². The number of benzene rings is 1. The average molecular weight is 384 g/mol. The topological polar surface area (TPSA) is 65.1 Å². The fraction of sp³-hybridized carbons (Fsp3) is 0.350. The van der Waals surface area contributed by atoms with Gasteiger partial charge in [0.15, 0.2) is 0 Å². The molecule has 1 saturated heterocycles.